The Labute approximate surface area is 175 Å². The van der Waals surface area contributed by atoms with Gasteiger partial charge in [-0.1, -0.05) is 19.3 Å². The van der Waals surface area contributed by atoms with Crippen molar-refractivity contribution in [2.45, 2.75) is 86.3 Å². The minimum atomic E-state index is -1.36. The van der Waals surface area contributed by atoms with E-state index in [9.17, 15) is 20.1 Å². The average Bonchev–Trinajstić information content (AvgIpc) is 3.38. The van der Waals surface area contributed by atoms with Crippen LogP contribution in [0.2, 0.25) is 0 Å². The summed E-state index contributed by atoms with van der Waals surface area (Å²) in [7, 11) is 0. The van der Waals surface area contributed by atoms with Crippen LogP contribution in [0.5, 0.6) is 0 Å². The molecule has 0 radical (unpaired) electrons. The fraction of sp³-hybridized carbons (Fsp3) is 0.947. The van der Waals surface area contributed by atoms with Gasteiger partial charge >= 0.3 is 0 Å². The lowest BCUT2D eigenvalue weighted by Gasteiger charge is -2.44. The number of carbonyl (C=O) groups is 1. The number of hydrogen-bond acceptors (Lipinski definition) is 7. The first-order chi connectivity index (χ1) is 13.3. The highest BCUT2D eigenvalue weighted by Gasteiger charge is 2.48. The number of ether oxygens (including phenoxy) is 1. The van der Waals surface area contributed by atoms with E-state index < -0.39 is 41.3 Å². The standard InChI is InChI=1S/C19H33ClN2O5S/c1-9(20)13(17-15(24)14(23)16(25)19(27-17)28-2)22-18(26)12-7-11(8-21-12)6-5-10-3-4-10/h9-17,19,21,23-25H,3-8H2,1-2H3,(H,22,26). The monoisotopic (exact) mass is 436 g/mol. The summed E-state index contributed by atoms with van der Waals surface area (Å²) >= 11 is 7.55. The van der Waals surface area contributed by atoms with Crippen LogP contribution in [0.1, 0.15) is 39.0 Å². The minimum absolute atomic E-state index is 0.163. The molecule has 5 N–H and O–H groups in total. The Kier molecular flexibility index (Phi) is 7.92. The number of halogens is 1. The molecule has 1 amide bonds. The zero-order valence-electron chi connectivity index (χ0n) is 16.5. The van der Waals surface area contributed by atoms with E-state index in [4.69, 9.17) is 16.3 Å². The molecule has 9 heteroatoms. The van der Waals surface area contributed by atoms with Crippen LogP contribution >= 0.6 is 23.4 Å². The van der Waals surface area contributed by atoms with Crippen molar-refractivity contribution in [2.24, 2.45) is 11.8 Å². The third-order valence-electron chi connectivity index (χ3n) is 6.22. The highest BCUT2D eigenvalue weighted by molar-refractivity contribution is 7.99. The quantitative estimate of drug-likeness (QED) is 0.351. The lowest BCUT2D eigenvalue weighted by atomic mass is 9.92. The van der Waals surface area contributed by atoms with Crippen molar-refractivity contribution < 1.29 is 24.9 Å². The summed E-state index contributed by atoms with van der Waals surface area (Å²) in [5.41, 5.74) is -0.699. The topological polar surface area (TPSA) is 111 Å². The van der Waals surface area contributed by atoms with Gasteiger partial charge in [-0.2, -0.15) is 0 Å². The van der Waals surface area contributed by atoms with Crippen molar-refractivity contribution in [3.8, 4) is 0 Å². The molecule has 0 spiro atoms. The van der Waals surface area contributed by atoms with Crippen LogP contribution in [0.4, 0.5) is 0 Å². The SMILES string of the molecule is CSC1OC(C(NC(=O)C2CC(CCC3CC3)CN2)C(C)Cl)C(O)C(O)C1O. The highest BCUT2D eigenvalue weighted by atomic mass is 35.5. The molecule has 1 aliphatic carbocycles. The van der Waals surface area contributed by atoms with Gasteiger partial charge in [-0.25, -0.2) is 0 Å². The zero-order valence-corrected chi connectivity index (χ0v) is 18.0. The van der Waals surface area contributed by atoms with E-state index in [0.717, 1.165) is 25.3 Å². The molecule has 28 heavy (non-hydrogen) atoms. The van der Waals surface area contributed by atoms with Gasteiger partial charge in [0.15, 0.2) is 0 Å². The summed E-state index contributed by atoms with van der Waals surface area (Å²) in [5.74, 6) is 1.24. The summed E-state index contributed by atoms with van der Waals surface area (Å²) in [6.07, 6.45) is 2.84. The van der Waals surface area contributed by atoms with Crippen LogP contribution in [-0.4, -0.2) is 81.3 Å². The van der Waals surface area contributed by atoms with Gasteiger partial charge in [0, 0.05) is 0 Å². The molecule has 1 saturated carbocycles. The van der Waals surface area contributed by atoms with E-state index in [1.807, 2.05) is 0 Å². The highest BCUT2D eigenvalue weighted by Crippen LogP contribution is 2.36. The summed E-state index contributed by atoms with van der Waals surface area (Å²) in [6, 6.07) is -0.969. The predicted molar refractivity (Wildman–Crippen MR) is 109 cm³/mol. The summed E-state index contributed by atoms with van der Waals surface area (Å²) in [6.45, 7) is 2.56. The molecule has 0 aromatic carbocycles. The van der Waals surface area contributed by atoms with Gasteiger partial charge in [0.05, 0.1) is 17.5 Å². The van der Waals surface area contributed by atoms with Crippen molar-refractivity contribution in [1.29, 1.82) is 0 Å². The lowest BCUT2D eigenvalue weighted by molar-refractivity contribution is -0.205. The smallest absolute Gasteiger partial charge is 0.237 e. The van der Waals surface area contributed by atoms with Crippen LogP contribution < -0.4 is 10.6 Å². The van der Waals surface area contributed by atoms with E-state index in [1.54, 1.807) is 13.2 Å². The van der Waals surface area contributed by atoms with Crippen molar-refractivity contribution >= 4 is 29.3 Å². The maximum atomic E-state index is 12.8. The summed E-state index contributed by atoms with van der Waals surface area (Å²) < 4.78 is 5.79. The van der Waals surface area contributed by atoms with E-state index in [-0.39, 0.29) is 11.9 Å². The Morgan fingerprint density at radius 1 is 1.21 bits per heavy atom. The van der Waals surface area contributed by atoms with Crippen molar-refractivity contribution in [1.82, 2.24) is 10.6 Å². The summed E-state index contributed by atoms with van der Waals surface area (Å²) in [4.78, 5) is 12.8. The third-order valence-corrected chi connectivity index (χ3v) is 7.34. The number of nitrogens with one attached hydrogen (secondary N) is 2. The molecule has 162 valence electrons. The molecule has 2 aliphatic heterocycles. The molecule has 3 fully saturated rings. The Morgan fingerprint density at radius 3 is 2.50 bits per heavy atom. The molecule has 2 saturated heterocycles. The lowest BCUT2D eigenvalue weighted by Crippen LogP contribution is -2.65. The largest absolute Gasteiger partial charge is 0.388 e. The number of aliphatic hydroxyl groups excluding tert-OH is 3. The first-order valence-corrected chi connectivity index (χ1v) is 11.9. The van der Waals surface area contributed by atoms with Gasteiger partial charge in [0.1, 0.15) is 29.9 Å². The van der Waals surface area contributed by atoms with E-state index in [2.05, 4.69) is 10.6 Å². The van der Waals surface area contributed by atoms with Gasteiger partial charge in [-0.05, 0) is 44.4 Å². The second kappa shape index (κ2) is 9.81. The molecule has 0 aromatic rings. The predicted octanol–water partition coefficient (Wildman–Crippen LogP) is 0.437. The maximum Gasteiger partial charge on any atom is 0.237 e. The number of carbonyl (C=O) groups excluding carboxylic acids is 1. The van der Waals surface area contributed by atoms with Crippen LogP contribution in [0.3, 0.4) is 0 Å². The van der Waals surface area contributed by atoms with E-state index >= 15 is 0 Å². The second-order valence-electron chi connectivity index (χ2n) is 8.47. The van der Waals surface area contributed by atoms with Gasteiger partial charge in [0.25, 0.3) is 0 Å². The van der Waals surface area contributed by atoms with Crippen molar-refractivity contribution in [2.75, 3.05) is 12.8 Å². The van der Waals surface area contributed by atoms with Crippen LogP contribution in [0.15, 0.2) is 0 Å². The van der Waals surface area contributed by atoms with Crippen LogP contribution in [0.25, 0.3) is 0 Å². The summed E-state index contributed by atoms with van der Waals surface area (Å²) in [5, 5.41) is 36.3. The Balaban J connectivity index is 1.58. The zero-order chi connectivity index (χ0) is 20.4. The Bertz CT molecular complexity index is 536. The van der Waals surface area contributed by atoms with Gasteiger partial charge in [-0.3, -0.25) is 4.79 Å². The van der Waals surface area contributed by atoms with E-state index in [0.29, 0.717) is 5.92 Å². The molecule has 3 rings (SSSR count). The molecule has 0 bridgehead atoms. The van der Waals surface area contributed by atoms with Crippen molar-refractivity contribution in [3.63, 3.8) is 0 Å². The molecule has 2 heterocycles. The van der Waals surface area contributed by atoms with Gasteiger partial charge in [0.2, 0.25) is 5.91 Å². The normalized spacial score (nSPS) is 40.9. The number of thioether (sulfide) groups is 1. The average molecular weight is 437 g/mol. The second-order valence-corrected chi connectivity index (χ2v) is 10.1. The third kappa shape index (κ3) is 5.33. The Hall–Kier alpha value is -0.0900. The number of alkyl halides is 1. The number of rotatable bonds is 8. The molecule has 0 aromatic heterocycles. The number of amides is 1. The fourth-order valence-electron chi connectivity index (χ4n) is 4.19. The number of hydrogen-bond donors (Lipinski definition) is 5. The molecule has 7 nitrogen and oxygen atoms in total. The van der Waals surface area contributed by atoms with Gasteiger partial charge in [-0.15, -0.1) is 23.4 Å². The van der Waals surface area contributed by atoms with E-state index in [1.165, 1.54) is 31.0 Å². The van der Waals surface area contributed by atoms with Crippen molar-refractivity contribution in [3.05, 3.63) is 0 Å². The molecule has 9 unspecified atom stereocenters. The van der Waals surface area contributed by atoms with Crippen LogP contribution in [-0.2, 0) is 9.53 Å². The number of aliphatic hydroxyl groups is 3. The molecular formula is C19H33ClN2O5S. The molecule has 9 atom stereocenters. The fourth-order valence-corrected chi connectivity index (χ4v) is 5.08. The maximum absolute atomic E-state index is 12.8. The first kappa shape index (κ1) is 22.6. The first-order valence-electron chi connectivity index (χ1n) is 10.2. The minimum Gasteiger partial charge on any atom is -0.388 e. The Morgan fingerprint density at radius 2 is 1.89 bits per heavy atom. The van der Waals surface area contributed by atoms with Gasteiger partial charge < -0.3 is 30.7 Å². The molecular weight excluding hydrogens is 404 g/mol. The van der Waals surface area contributed by atoms with Crippen LogP contribution in [0, 0.1) is 11.8 Å². The molecule has 3 aliphatic rings.